The predicted octanol–water partition coefficient (Wildman–Crippen LogP) is 1.90. The summed E-state index contributed by atoms with van der Waals surface area (Å²) in [4.78, 5) is 0. The molecule has 1 N–H and O–H groups in total. The molecule has 0 aliphatic heterocycles. The van der Waals surface area contributed by atoms with Crippen LogP contribution in [-0.2, 0) is 4.74 Å². The second-order valence-electron chi connectivity index (χ2n) is 2.66. The molecule has 0 aliphatic rings. The number of rotatable bonds is 4. The Labute approximate surface area is 77.6 Å². The molecule has 1 aromatic rings. The summed E-state index contributed by atoms with van der Waals surface area (Å²) in [6.07, 6.45) is 0.622. The molecule has 3 heteroatoms. The van der Waals surface area contributed by atoms with Crippen LogP contribution in [0.4, 0.5) is 0 Å². The standard InChI is InChI=1S/C10H13NO2/c1-13-8-7-10(11-12)9-5-3-2-4-6-9/h2-6,12H,7-8H2,1H3. The summed E-state index contributed by atoms with van der Waals surface area (Å²) < 4.78 is 4.90. The van der Waals surface area contributed by atoms with E-state index in [0.29, 0.717) is 18.7 Å². The summed E-state index contributed by atoms with van der Waals surface area (Å²) in [6, 6.07) is 9.56. The molecule has 0 spiro atoms. The van der Waals surface area contributed by atoms with Crippen LogP contribution < -0.4 is 0 Å². The zero-order valence-corrected chi connectivity index (χ0v) is 7.60. The van der Waals surface area contributed by atoms with Gasteiger partial charge in [0.15, 0.2) is 0 Å². The number of hydrogen-bond donors (Lipinski definition) is 1. The van der Waals surface area contributed by atoms with Crippen LogP contribution in [0.15, 0.2) is 35.5 Å². The van der Waals surface area contributed by atoms with Gasteiger partial charge < -0.3 is 9.94 Å². The highest BCUT2D eigenvalue weighted by molar-refractivity contribution is 6.00. The summed E-state index contributed by atoms with van der Waals surface area (Å²) in [7, 11) is 1.62. The van der Waals surface area contributed by atoms with Crippen molar-refractivity contribution >= 4 is 5.71 Å². The number of ether oxygens (including phenoxy) is 1. The highest BCUT2D eigenvalue weighted by Crippen LogP contribution is 2.03. The first-order chi connectivity index (χ1) is 6.38. The van der Waals surface area contributed by atoms with E-state index in [9.17, 15) is 0 Å². The highest BCUT2D eigenvalue weighted by atomic mass is 16.5. The van der Waals surface area contributed by atoms with E-state index in [-0.39, 0.29) is 0 Å². The SMILES string of the molecule is COCCC(=NO)c1ccccc1. The Morgan fingerprint density at radius 2 is 2.08 bits per heavy atom. The van der Waals surface area contributed by atoms with Crippen molar-refractivity contribution in [2.45, 2.75) is 6.42 Å². The second-order valence-corrected chi connectivity index (χ2v) is 2.66. The van der Waals surface area contributed by atoms with E-state index in [2.05, 4.69) is 5.16 Å². The molecule has 3 nitrogen and oxygen atoms in total. The van der Waals surface area contributed by atoms with Gasteiger partial charge >= 0.3 is 0 Å². The lowest BCUT2D eigenvalue weighted by atomic mass is 10.1. The predicted molar refractivity (Wildman–Crippen MR) is 51.3 cm³/mol. The van der Waals surface area contributed by atoms with Gasteiger partial charge in [0, 0.05) is 13.5 Å². The zero-order chi connectivity index (χ0) is 9.52. The molecule has 0 aliphatic carbocycles. The average molecular weight is 179 g/mol. The monoisotopic (exact) mass is 179 g/mol. The largest absolute Gasteiger partial charge is 0.411 e. The van der Waals surface area contributed by atoms with Gasteiger partial charge in [0.25, 0.3) is 0 Å². The molecule has 0 bridgehead atoms. The Hall–Kier alpha value is -1.35. The smallest absolute Gasteiger partial charge is 0.0890 e. The van der Waals surface area contributed by atoms with Gasteiger partial charge in [0.2, 0.25) is 0 Å². The van der Waals surface area contributed by atoms with Crippen LogP contribution in [0.25, 0.3) is 0 Å². The third-order valence-corrected chi connectivity index (χ3v) is 1.77. The summed E-state index contributed by atoms with van der Waals surface area (Å²) in [5, 5.41) is 12.0. The number of nitrogens with zero attached hydrogens (tertiary/aromatic N) is 1. The fourth-order valence-corrected chi connectivity index (χ4v) is 1.08. The van der Waals surface area contributed by atoms with Crippen LogP contribution in [0.3, 0.4) is 0 Å². The fraction of sp³-hybridized carbons (Fsp3) is 0.300. The van der Waals surface area contributed by atoms with Crippen molar-refractivity contribution in [1.29, 1.82) is 0 Å². The van der Waals surface area contributed by atoms with Gasteiger partial charge in [-0.15, -0.1) is 0 Å². The molecular formula is C10H13NO2. The Kier molecular flexibility index (Phi) is 3.99. The third kappa shape index (κ3) is 2.87. The lowest BCUT2D eigenvalue weighted by Crippen LogP contribution is -2.04. The molecule has 0 saturated heterocycles. The minimum absolute atomic E-state index is 0.564. The van der Waals surface area contributed by atoms with Gasteiger partial charge in [0.05, 0.1) is 12.3 Å². The first-order valence-corrected chi connectivity index (χ1v) is 4.13. The molecule has 0 fully saturated rings. The molecule has 0 amide bonds. The van der Waals surface area contributed by atoms with Crippen molar-refractivity contribution in [3.8, 4) is 0 Å². The van der Waals surface area contributed by atoms with E-state index >= 15 is 0 Å². The quantitative estimate of drug-likeness (QED) is 0.435. The lowest BCUT2D eigenvalue weighted by Gasteiger charge is -2.02. The van der Waals surface area contributed by atoms with Gasteiger partial charge in [-0.3, -0.25) is 0 Å². The third-order valence-electron chi connectivity index (χ3n) is 1.77. The highest BCUT2D eigenvalue weighted by Gasteiger charge is 2.02. The van der Waals surface area contributed by atoms with Crippen molar-refractivity contribution in [3.63, 3.8) is 0 Å². The Bertz CT molecular complexity index is 270. The maximum absolute atomic E-state index is 8.74. The maximum atomic E-state index is 8.74. The van der Waals surface area contributed by atoms with Gasteiger partial charge in [0.1, 0.15) is 0 Å². The van der Waals surface area contributed by atoms with Crippen LogP contribution in [0.1, 0.15) is 12.0 Å². The van der Waals surface area contributed by atoms with Crippen molar-refractivity contribution in [1.82, 2.24) is 0 Å². The van der Waals surface area contributed by atoms with Crippen molar-refractivity contribution in [3.05, 3.63) is 35.9 Å². The first-order valence-electron chi connectivity index (χ1n) is 4.13. The van der Waals surface area contributed by atoms with Crippen LogP contribution in [-0.4, -0.2) is 24.6 Å². The summed E-state index contributed by atoms with van der Waals surface area (Å²) >= 11 is 0. The van der Waals surface area contributed by atoms with Crippen LogP contribution in [0, 0.1) is 0 Å². The minimum Gasteiger partial charge on any atom is -0.411 e. The van der Waals surface area contributed by atoms with Crippen molar-refractivity contribution in [2.75, 3.05) is 13.7 Å². The van der Waals surface area contributed by atoms with Crippen LogP contribution in [0.2, 0.25) is 0 Å². The van der Waals surface area contributed by atoms with Gasteiger partial charge in [-0.25, -0.2) is 0 Å². The molecule has 0 saturated carbocycles. The molecular weight excluding hydrogens is 166 g/mol. The number of benzene rings is 1. The summed E-state index contributed by atoms with van der Waals surface area (Å²) in [5.74, 6) is 0. The van der Waals surface area contributed by atoms with Crippen LogP contribution >= 0.6 is 0 Å². The van der Waals surface area contributed by atoms with E-state index in [1.165, 1.54) is 0 Å². The molecule has 1 aromatic carbocycles. The molecule has 1 rings (SSSR count). The maximum Gasteiger partial charge on any atom is 0.0890 e. The van der Waals surface area contributed by atoms with E-state index < -0.39 is 0 Å². The van der Waals surface area contributed by atoms with E-state index in [1.807, 2.05) is 30.3 Å². The van der Waals surface area contributed by atoms with Gasteiger partial charge in [-0.05, 0) is 5.56 Å². The Morgan fingerprint density at radius 1 is 1.38 bits per heavy atom. The Morgan fingerprint density at radius 3 is 2.62 bits per heavy atom. The van der Waals surface area contributed by atoms with Crippen molar-refractivity contribution in [2.24, 2.45) is 5.16 Å². The Balaban J connectivity index is 2.69. The molecule has 0 heterocycles. The molecule has 0 atom stereocenters. The average Bonchev–Trinajstić information content (AvgIpc) is 2.21. The number of hydrogen-bond acceptors (Lipinski definition) is 3. The van der Waals surface area contributed by atoms with Crippen molar-refractivity contribution < 1.29 is 9.94 Å². The lowest BCUT2D eigenvalue weighted by molar-refractivity contribution is 0.206. The van der Waals surface area contributed by atoms with Gasteiger partial charge in [-0.1, -0.05) is 35.5 Å². The normalized spacial score (nSPS) is 11.6. The molecule has 13 heavy (non-hydrogen) atoms. The van der Waals surface area contributed by atoms with E-state index in [0.717, 1.165) is 5.56 Å². The molecule has 0 radical (unpaired) electrons. The summed E-state index contributed by atoms with van der Waals surface area (Å²) in [5.41, 5.74) is 1.59. The molecule has 0 unspecified atom stereocenters. The van der Waals surface area contributed by atoms with Gasteiger partial charge in [-0.2, -0.15) is 0 Å². The molecule has 0 aromatic heterocycles. The first kappa shape index (κ1) is 9.74. The zero-order valence-electron chi connectivity index (χ0n) is 7.60. The number of methoxy groups -OCH3 is 1. The van der Waals surface area contributed by atoms with E-state index in [1.54, 1.807) is 7.11 Å². The summed E-state index contributed by atoms with van der Waals surface area (Å²) in [6.45, 7) is 0.564. The second kappa shape index (κ2) is 5.32. The fourth-order valence-electron chi connectivity index (χ4n) is 1.08. The number of oxime groups is 1. The van der Waals surface area contributed by atoms with E-state index in [4.69, 9.17) is 9.94 Å². The molecule has 70 valence electrons. The van der Waals surface area contributed by atoms with Crippen LogP contribution in [0.5, 0.6) is 0 Å². The topological polar surface area (TPSA) is 41.8 Å². The minimum atomic E-state index is 0.564.